The van der Waals surface area contributed by atoms with Gasteiger partial charge in [-0.3, -0.25) is 0 Å². The predicted molar refractivity (Wildman–Crippen MR) is 74.0 cm³/mol. The van der Waals surface area contributed by atoms with E-state index in [9.17, 15) is 4.79 Å². The van der Waals surface area contributed by atoms with Crippen LogP contribution in [0.5, 0.6) is 0 Å². The van der Waals surface area contributed by atoms with Crippen molar-refractivity contribution in [3.63, 3.8) is 0 Å². The summed E-state index contributed by atoms with van der Waals surface area (Å²) in [6, 6.07) is 5.38. The van der Waals surface area contributed by atoms with Gasteiger partial charge in [-0.25, -0.2) is 4.79 Å². The topological polar surface area (TPSA) is 58.8 Å². The number of carbonyl (C=O) groups is 1. The Morgan fingerprint density at radius 1 is 1.28 bits per heavy atom. The standard InChI is InChI=1S/C13H21N3O2/c1-15(2)8-9-16(3)11-7-5-6-10(12(11)14)13(17)18-4/h5-7H,8-9,14H2,1-4H3. The summed E-state index contributed by atoms with van der Waals surface area (Å²) in [6.07, 6.45) is 0. The Morgan fingerprint density at radius 3 is 2.50 bits per heavy atom. The third kappa shape index (κ3) is 3.37. The second kappa shape index (κ2) is 6.26. The first-order chi connectivity index (χ1) is 8.47. The third-order valence-electron chi connectivity index (χ3n) is 2.78. The van der Waals surface area contributed by atoms with Gasteiger partial charge in [-0.15, -0.1) is 0 Å². The maximum atomic E-state index is 11.5. The molecular weight excluding hydrogens is 230 g/mol. The van der Waals surface area contributed by atoms with Crippen LogP contribution < -0.4 is 10.6 Å². The lowest BCUT2D eigenvalue weighted by Crippen LogP contribution is -2.29. The predicted octanol–water partition coefficient (Wildman–Crippen LogP) is 1.05. The monoisotopic (exact) mass is 251 g/mol. The van der Waals surface area contributed by atoms with Crippen LogP contribution in [-0.2, 0) is 4.74 Å². The molecule has 18 heavy (non-hydrogen) atoms. The number of hydrogen-bond acceptors (Lipinski definition) is 5. The van der Waals surface area contributed by atoms with Gasteiger partial charge in [-0.05, 0) is 26.2 Å². The molecule has 1 rings (SSSR count). The van der Waals surface area contributed by atoms with Crippen molar-refractivity contribution < 1.29 is 9.53 Å². The molecule has 0 saturated carbocycles. The van der Waals surface area contributed by atoms with Crippen LogP contribution in [0.4, 0.5) is 11.4 Å². The number of para-hydroxylation sites is 1. The zero-order valence-corrected chi connectivity index (χ0v) is 11.4. The van der Waals surface area contributed by atoms with E-state index in [0.29, 0.717) is 11.3 Å². The van der Waals surface area contributed by atoms with E-state index in [2.05, 4.69) is 4.90 Å². The number of esters is 1. The number of rotatable bonds is 5. The van der Waals surface area contributed by atoms with Crippen LogP contribution in [0.15, 0.2) is 18.2 Å². The molecule has 0 spiro atoms. The molecule has 5 heteroatoms. The SMILES string of the molecule is COC(=O)c1cccc(N(C)CCN(C)C)c1N. The second-order valence-corrected chi connectivity index (χ2v) is 4.45. The Kier molecular flexibility index (Phi) is 4.97. The highest BCUT2D eigenvalue weighted by atomic mass is 16.5. The summed E-state index contributed by atoms with van der Waals surface area (Å²) in [7, 11) is 7.34. The minimum atomic E-state index is -0.407. The van der Waals surface area contributed by atoms with Crippen LogP contribution in [-0.4, -0.2) is 52.2 Å². The first-order valence-electron chi connectivity index (χ1n) is 5.80. The number of benzene rings is 1. The fraction of sp³-hybridized carbons (Fsp3) is 0.462. The van der Waals surface area contributed by atoms with Gasteiger partial charge in [0.25, 0.3) is 0 Å². The number of nitrogen functional groups attached to an aromatic ring is 1. The quantitative estimate of drug-likeness (QED) is 0.626. The molecule has 0 fully saturated rings. The van der Waals surface area contributed by atoms with Crippen LogP contribution in [0.3, 0.4) is 0 Å². The van der Waals surface area contributed by atoms with Crippen molar-refractivity contribution in [3.8, 4) is 0 Å². The van der Waals surface area contributed by atoms with Crippen LogP contribution >= 0.6 is 0 Å². The molecule has 0 aromatic heterocycles. The van der Waals surface area contributed by atoms with E-state index in [-0.39, 0.29) is 0 Å². The summed E-state index contributed by atoms with van der Waals surface area (Å²) in [6.45, 7) is 1.75. The Labute approximate surface area is 108 Å². The normalized spacial score (nSPS) is 10.5. The smallest absolute Gasteiger partial charge is 0.340 e. The van der Waals surface area contributed by atoms with Gasteiger partial charge in [0.05, 0.1) is 24.0 Å². The molecule has 5 nitrogen and oxygen atoms in total. The van der Waals surface area contributed by atoms with Crippen LogP contribution in [0.1, 0.15) is 10.4 Å². The molecule has 0 amide bonds. The lowest BCUT2D eigenvalue weighted by Gasteiger charge is -2.23. The molecule has 0 aliphatic rings. The number of anilines is 2. The molecule has 0 bridgehead atoms. The number of carbonyl (C=O) groups excluding carboxylic acids is 1. The summed E-state index contributed by atoms with van der Waals surface area (Å²) in [5.41, 5.74) is 7.73. The molecule has 0 aliphatic carbocycles. The van der Waals surface area contributed by atoms with Crippen LogP contribution in [0.2, 0.25) is 0 Å². The van der Waals surface area contributed by atoms with E-state index in [1.807, 2.05) is 38.2 Å². The molecule has 100 valence electrons. The zero-order chi connectivity index (χ0) is 13.7. The lowest BCUT2D eigenvalue weighted by molar-refractivity contribution is 0.0602. The maximum absolute atomic E-state index is 11.5. The van der Waals surface area contributed by atoms with E-state index in [1.54, 1.807) is 6.07 Å². The Bertz CT molecular complexity index is 419. The van der Waals surface area contributed by atoms with Gasteiger partial charge in [-0.1, -0.05) is 6.07 Å². The summed E-state index contributed by atoms with van der Waals surface area (Å²) < 4.78 is 4.70. The zero-order valence-electron chi connectivity index (χ0n) is 11.4. The van der Waals surface area contributed by atoms with Crippen molar-refractivity contribution in [2.45, 2.75) is 0 Å². The highest BCUT2D eigenvalue weighted by molar-refractivity contribution is 5.98. The highest BCUT2D eigenvalue weighted by Crippen LogP contribution is 2.26. The molecule has 0 unspecified atom stereocenters. The van der Waals surface area contributed by atoms with E-state index < -0.39 is 5.97 Å². The van der Waals surface area contributed by atoms with Gasteiger partial charge < -0.3 is 20.3 Å². The van der Waals surface area contributed by atoms with Gasteiger partial charge >= 0.3 is 5.97 Å². The number of hydrogen-bond donors (Lipinski definition) is 1. The number of ether oxygens (including phenoxy) is 1. The first-order valence-corrected chi connectivity index (χ1v) is 5.80. The molecule has 0 saturated heterocycles. The Morgan fingerprint density at radius 2 is 1.94 bits per heavy atom. The maximum Gasteiger partial charge on any atom is 0.340 e. The number of nitrogens with two attached hydrogens (primary N) is 1. The second-order valence-electron chi connectivity index (χ2n) is 4.45. The lowest BCUT2D eigenvalue weighted by atomic mass is 10.1. The fourth-order valence-electron chi connectivity index (χ4n) is 1.64. The highest BCUT2D eigenvalue weighted by Gasteiger charge is 2.14. The van der Waals surface area contributed by atoms with Crippen LogP contribution in [0, 0.1) is 0 Å². The van der Waals surface area contributed by atoms with Gasteiger partial charge in [0, 0.05) is 20.1 Å². The molecule has 1 aromatic carbocycles. The van der Waals surface area contributed by atoms with Gasteiger partial charge in [0.1, 0.15) is 0 Å². The first kappa shape index (κ1) is 14.3. The van der Waals surface area contributed by atoms with Crippen molar-refractivity contribution in [2.24, 2.45) is 0 Å². The summed E-state index contributed by atoms with van der Waals surface area (Å²) >= 11 is 0. The molecule has 0 heterocycles. The van der Waals surface area contributed by atoms with Gasteiger partial charge in [0.2, 0.25) is 0 Å². The number of likely N-dealkylation sites (N-methyl/N-ethyl adjacent to an activating group) is 2. The van der Waals surface area contributed by atoms with E-state index in [4.69, 9.17) is 10.5 Å². The summed E-state index contributed by atoms with van der Waals surface area (Å²) in [4.78, 5) is 15.7. The number of methoxy groups -OCH3 is 1. The van der Waals surface area contributed by atoms with E-state index in [0.717, 1.165) is 18.8 Å². The average molecular weight is 251 g/mol. The van der Waals surface area contributed by atoms with Crippen LogP contribution in [0.25, 0.3) is 0 Å². The largest absolute Gasteiger partial charge is 0.465 e. The average Bonchev–Trinajstić information content (AvgIpc) is 2.35. The summed E-state index contributed by atoms with van der Waals surface area (Å²) in [5.74, 6) is -0.407. The number of nitrogens with zero attached hydrogens (tertiary/aromatic N) is 2. The van der Waals surface area contributed by atoms with E-state index >= 15 is 0 Å². The minimum absolute atomic E-state index is 0.407. The molecule has 0 atom stereocenters. The molecule has 0 radical (unpaired) electrons. The van der Waals surface area contributed by atoms with Crippen molar-refractivity contribution >= 4 is 17.3 Å². The summed E-state index contributed by atoms with van der Waals surface area (Å²) in [5, 5.41) is 0. The van der Waals surface area contributed by atoms with E-state index in [1.165, 1.54) is 7.11 Å². The Hall–Kier alpha value is -1.75. The molecule has 0 aliphatic heterocycles. The van der Waals surface area contributed by atoms with Gasteiger partial charge in [-0.2, -0.15) is 0 Å². The van der Waals surface area contributed by atoms with Crippen molar-refractivity contribution in [1.82, 2.24) is 4.90 Å². The fourth-order valence-corrected chi connectivity index (χ4v) is 1.64. The van der Waals surface area contributed by atoms with Gasteiger partial charge in [0.15, 0.2) is 0 Å². The third-order valence-corrected chi connectivity index (χ3v) is 2.78. The molecular formula is C13H21N3O2. The Balaban J connectivity index is 2.92. The molecule has 2 N–H and O–H groups in total. The molecule has 1 aromatic rings. The minimum Gasteiger partial charge on any atom is -0.465 e. The van der Waals surface area contributed by atoms with Crippen molar-refractivity contribution in [3.05, 3.63) is 23.8 Å². The van der Waals surface area contributed by atoms with Crippen molar-refractivity contribution in [1.29, 1.82) is 0 Å². The van der Waals surface area contributed by atoms with Crippen molar-refractivity contribution in [2.75, 3.05) is 52.0 Å².